The highest BCUT2D eigenvalue weighted by atomic mass is 19.4. The van der Waals surface area contributed by atoms with Crippen LogP contribution in [0.5, 0.6) is 0 Å². The van der Waals surface area contributed by atoms with Gasteiger partial charge in [0.2, 0.25) is 0 Å². The van der Waals surface area contributed by atoms with Gasteiger partial charge in [0.15, 0.2) is 0 Å². The number of aryl methyl sites for hydroxylation is 2. The lowest BCUT2D eigenvalue weighted by Crippen LogP contribution is -2.34. The molecule has 0 radical (unpaired) electrons. The summed E-state index contributed by atoms with van der Waals surface area (Å²) in [5.74, 6) is -0.360. The fourth-order valence-corrected chi connectivity index (χ4v) is 3.13. The number of fused-ring (bicyclic) bond motifs is 1. The van der Waals surface area contributed by atoms with Crippen LogP contribution in [0.3, 0.4) is 0 Å². The molecule has 0 amide bonds. The predicted octanol–water partition coefficient (Wildman–Crippen LogP) is 2.47. The van der Waals surface area contributed by atoms with Crippen LogP contribution >= 0.6 is 0 Å². The molecule has 3 heterocycles. The number of methoxy groups -OCH3 is 1. The zero-order chi connectivity index (χ0) is 20.6. The maximum Gasteiger partial charge on any atom is 0.420 e. The standard InChI is InChI=1S/C18H18F3N5O2/c1-9-14(18(19,20)21)15(25-10(2)24-9)12-5-4-11(8-13(22)17(27)28-3)26-7-6-23-16(12)26/h4-7,13H,8,22H2,1-3H3/t13-/m0/s1. The van der Waals surface area contributed by atoms with Crippen LogP contribution in [0.15, 0.2) is 24.5 Å². The first-order valence-corrected chi connectivity index (χ1v) is 8.34. The molecule has 3 aromatic rings. The number of nitrogens with two attached hydrogens (primary N) is 1. The molecule has 0 spiro atoms. The fourth-order valence-electron chi connectivity index (χ4n) is 3.13. The van der Waals surface area contributed by atoms with Crippen molar-refractivity contribution in [2.45, 2.75) is 32.5 Å². The van der Waals surface area contributed by atoms with Gasteiger partial charge in [-0.1, -0.05) is 0 Å². The van der Waals surface area contributed by atoms with Crippen LogP contribution in [0.1, 0.15) is 22.8 Å². The average molecular weight is 393 g/mol. The number of aromatic nitrogens is 4. The Morgan fingerprint density at radius 3 is 2.64 bits per heavy atom. The monoisotopic (exact) mass is 393 g/mol. The van der Waals surface area contributed by atoms with Crippen LogP contribution in [0.25, 0.3) is 16.9 Å². The molecular formula is C18H18F3N5O2. The molecule has 0 aliphatic rings. The van der Waals surface area contributed by atoms with Gasteiger partial charge in [0.1, 0.15) is 23.1 Å². The number of pyridine rings is 1. The van der Waals surface area contributed by atoms with E-state index < -0.39 is 23.8 Å². The summed E-state index contributed by atoms with van der Waals surface area (Å²) < 4.78 is 47.2. The molecule has 2 N–H and O–H groups in total. The van der Waals surface area contributed by atoms with Gasteiger partial charge in [-0.15, -0.1) is 0 Å². The first-order chi connectivity index (χ1) is 13.1. The van der Waals surface area contributed by atoms with E-state index in [1.807, 2.05) is 0 Å². The van der Waals surface area contributed by atoms with E-state index in [9.17, 15) is 18.0 Å². The summed E-state index contributed by atoms with van der Waals surface area (Å²) in [6.07, 6.45) is -1.44. The lowest BCUT2D eigenvalue weighted by atomic mass is 10.0. The van der Waals surface area contributed by atoms with E-state index in [0.717, 1.165) is 0 Å². The number of hydrogen-bond acceptors (Lipinski definition) is 6. The topological polar surface area (TPSA) is 95.4 Å². The zero-order valence-corrected chi connectivity index (χ0v) is 15.4. The Morgan fingerprint density at radius 2 is 2.00 bits per heavy atom. The van der Waals surface area contributed by atoms with E-state index in [2.05, 4.69) is 19.7 Å². The van der Waals surface area contributed by atoms with Gasteiger partial charge in [0, 0.05) is 30.1 Å². The molecule has 1 atom stereocenters. The normalized spacial score (nSPS) is 13.0. The number of esters is 1. The quantitative estimate of drug-likeness (QED) is 0.684. The molecule has 0 fully saturated rings. The molecular weight excluding hydrogens is 375 g/mol. The largest absolute Gasteiger partial charge is 0.468 e. The minimum absolute atomic E-state index is 0.133. The van der Waals surface area contributed by atoms with E-state index >= 15 is 0 Å². The summed E-state index contributed by atoms with van der Waals surface area (Å²) in [4.78, 5) is 23.7. The maximum absolute atomic E-state index is 13.7. The van der Waals surface area contributed by atoms with Crippen LogP contribution in [-0.4, -0.2) is 38.5 Å². The minimum atomic E-state index is -4.62. The fraction of sp³-hybridized carbons (Fsp3) is 0.333. The van der Waals surface area contributed by atoms with E-state index in [-0.39, 0.29) is 34.8 Å². The Balaban J connectivity index is 2.19. The zero-order valence-electron chi connectivity index (χ0n) is 15.4. The van der Waals surface area contributed by atoms with Crippen LogP contribution in [-0.2, 0) is 22.1 Å². The average Bonchev–Trinajstić information content (AvgIpc) is 3.09. The third kappa shape index (κ3) is 3.55. The first-order valence-electron chi connectivity index (χ1n) is 8.34. The number of carbonyl (C=O) groups is 1. The molecule has 0 aliphatic heterocycles. The molecule has 0 aliphatic carbocycles. The first kappa shape index (κ1) is 19.7. The van der Waals surface area contributed by atoms with Crippen LogP contribution in [0.4, 0.5) is 13.2 Å². The highest BCUT2D eigenvalue weighted by Crippen LogP contribution is 2.38. The minimum Gasteiger partial charge on any atom is -0.468 e. The van der Waals surface area contributed by atoms with Crippen molar-refractivity contribution in [2.24, 2.45) is 5.73 Å². The third-order valence-electron chi connectivity index (χ3n) is 4.31. The molecule has 148 valence electrons. The third-order valence-corrected chi connectivity index (χ3v) is 4.31. The van der Waals surface area contributed by atoms with Crippen LogP contribution in [0.2, 0.25) is 0 Å². The summed E-state index contributed by atoms with van der Waals surface area (Å²) in [5, 5.41) is 0. The Morgan fingerprint density at radius 1 is 1.29 bits per heavy atom. The van der Waals surface area contributed by atoms with Crippen molar-refractivity contribution >= 4 is 11.6 Å². The molecule has 0 aromatic carbocycles. The maximum atomic E-state index is 13.7. The molecule has 10 heteroatoms. The lowest BCUT2D eigenvalue weighted by Gasteiger charge is -2.17. The molecule has 0 unspecified atom stereocenters. The SMILES string of the molecule is COC(=O)[C@@H](N)Cc1ccc(-c2nc(C)nc(C)c2C(F)(F)F)c2nccn12. The molecule has 3 rings (SSSR count). The van der Waals surface area contributed by atoms with Crippen molar-refractivity contribution in [2.75, 3.05) is 7.11 Å². The molecule has 3 aromatic heterocycles. The summed E-state index contributed by atoms with van der Waals surface area (Å²) in [7, 11) is 1.23. The number of alkyl halides is 3. The summed E-state index contributed by atoms with van der Waals surface area (Å²) in [6, 6.07) is 2.19. The Bertz CT molecular complexity index is 1050. The van der Waals surface area contributed by atoms with Gasteiger partial charge in [-0.3, -0.25) is 4.79 Å². The van der Waals surface area contributed by atoms with Crippen LogP contribution < -0.4 is 5.73 Å². The summed E-state index contributed by atoms with van der Waals surface area (Å²) in [6.45, 7) is 2.83. The van der Waals surface area contributed by atoms with Crippen LogP contribution in [0, 0.1) is 13.8 Å². The number of carbonyl (C=O) groups excluding carboxylic acids is 1. The van der Waals surface area contributed by atoms with E-state index in [4.69, 9.17) is 5.73 Å². The molecule has 0 saturated heterocycles. The second-order valence-electron chi connectivity index (χ2n) is 6.27. The molecule has 7 nitrogen and oxygen atoms in total. The summed E-state index contributed by atoms with van der Waals surface area (Å²) >= 11 is 0. The van der Waals surface area contributed by atoms with Gasteiger partial charge >= 0.3 is 12.1 Å². The lowest BCUT2D eigenvalue weighted by molar-refractivity contribution is -0.142. The Labute approximate surface area is 158 Å². The molecule has 28 heavy (non-hydrogen) atoms. The van der Waals surface area contributed by atoms with Crippen molar-refractivity contribution in [1.29, 1.82) is 0 Å². The second kappa shape index (κ2) is 7.19. The summed E-state index contributed by atoms with van der Waals surface area (Å²) in [5.41, 5.74) is 5.60. The van der Waals surface area contributed by atoms with E-state index in [1.54, 1.807) is 16.7 Å². The highest BCUT2D eigenvalue weighted by molar-refractivity contribution is 5.79. The predicted molar refractivity (Wildman–Crippen MR) is 94.4 cm³/mol. The van der Waals surface area contributed by atoms with Crippen molar-refractivity contribution in [3.05, 3.63) is 47.3 Å². The van der Waals surface area contributed by atoms with Gasteiger partial charge < -0.3 is 14.9 Å². The van der Waals surface area contributed by atoms with Crippen molar-refractivity contribution in [3.8, 4) is 11.3 Å². The smallest absolute Gasteiger partial charge is 0.420 e. The van der Waals surface area contributed by atoms with E-state index in [1.165, 1.54) is 33.2 Å². The Kier molecular flexibility index (Phi) is 5.07. The highest BCUT2D eigenvalue weighted by Gasteiger charge is 2.38. The van der Waals surface area contributed by atoms with Gasteiger partial charge in [-0.2, -0.15) is 13.2 Å². The van der Waals surface area contributed by atoms with E-state index in [0.29, 0.717) is 5.69 Å². The number of ether oxygens (including phenoxy) is 1. The molecule has 0 saturated carbocycles. The number of hydrogen-bond donors (Lipinski definition) is 1. The Hall–Kier alpha value is -3.01. The molecule has 0 bridgehead atoms. The van der Waals surface area contributed by atoms with Gasteiger partial charge in [0.05, 0.1) is 18.5 Å². The number of imidazole rings is 1. The van der Waals surface area contributed by atoms with Gasteiger partial charge in [0.25, 0.3) is 0 Å². The second-order valence-corrected chi connectivity index (χ2v) is 6.27. The van der Waals surface area contributed by atoms with Crippen molar-refractivity contribution in [3.63, 3.8) is 0 Å². The van der Waals surface area contributed by atoms with Crippen molar-refractivity contribution < 1.29 is 22.7 Å². The number of rotatable bonds is 4. The number of halogens is 3. The van der Waals surface area contributed by atoms with Gasteiger partial charge in [-0.25, -0.2) is 15.0 Å². The van der Waals surface area contributed by atoms with Gasteiger partial charge in [-0.05, 0) is 26.0 Å². The van der Waals surface area contributed by atoms with Crippen molar-refractivity contribution in [1.82, 2.24) is 19.4 Å². The number of nitrogens with zero attached hydrogens (tertiary/aromatic N) is 4.